The van der Waals surface area contributed by atoms with Crippen LogP contribution in [0.15, 0.2) is 5.57 Å². The predicted octanol–water partition coefficient (Wildman–Crippen LogP) is 5.27. The summed E-state index contributed by atoms with van der Waals surface area (Å²) >= 11 is 0. The fourth-order valence-corrected chi connectivity index (χ4v) is 5.65. The van der Waals surface area contributed by atoms with E-state index in [4.69, 9.17) is 14.2 Å². The van der Waals surface area contributed by atoms with Crippen LogP contribution in [-0.2, 0) is 10.2 Å². The number of carbonyl (C=O) groups is 1. The zero-order valence-corrected chi connectivity index (χ0v) is 17.9. The van der Waals surface area contributed by atoms with Gasteiger partial charge in [0.1, 0.15) is 5.75 Å². The summed E-state index contributed by atoms with van der Waals surface area (Å²) in [4.78, 5) is 12.4. The third kappa shape index (κ3) is 2.52. The van der Waals surface area contributed by atoms with E-state index in [9.17, 15) is 4.79 Å². The highest BCUT2D eigenvalue weighted by Gasteiger charge is 2.53. The van der Waals surface area contributed by atoms with Gasteiger partial charge in [-0.3, -0.25) is 4.79 Å². The fourth-order valence-electron chi connectivity index (χ4n) is 5.65. The highest BCUT2D eigenvalue weighted by atomic mass is 16.5. The molecule has 0 N–H and O–H groups in total. The molecule has 0 amide bonds. The molecule has 148 valence electrons. The van der Waals surface area contributed by atoms with Crippen molar-refractivity contribution in [1.29, 1.82) is 0 Å². The van der Waals surface area contributed by atoms with Crippen LogP contribution in [0, 0.1) is 5.41 Å². The molecule has 2 aliphatic rings. The van der Waals surface area contributed by atoms with E-state index in [1.54, 1.807) is 21.3 Å². The van der Waals surface area contributed by atoms with Crippen LogP contribution in [0.4, 0.5) is 0 Å². The van der Waals surface area contributed by atoms with Gasteiger partial charge in [0.2, 0.25) is 0 Å². The molecular weight excluding hydrogens is 340 g/mol. The molecule has 0 saturated heterocycles. The molecule has 1 unspecified atom stereocenters. The summed E-state index contributed by atoms with van der Waals surface area (Å²) in [7, 11) is 5.03. The van der Waals surface area contributed by atoms with Crippen molar-refractivity contribution in [3.8, 4) is 17.2 Å². The minimum atomic E-state index is -0.255. The molecule has 0 heterocycles. The SMILES string of the molecule is COc1c(OC)c2c(c(OC)c1C(C)C)C(C=O)=C1C(C)(C)CCCC12C. The molecule has 3 rings (SSSR count). The van der Waals surface area contributed by atoms with Gasteiger partial charge in [0.05, 0.1) is 21.3 Å². The van der Waals surface area contributed by atoms with Crippen LogP contribution >= 0.6 is 0 Å². The van der Waals surface area contributed by atoms with Crippen LogP contribution in [0.5, 0.6) is 17.2 Å². The van der Waals surface area contributed by atoms with E-state index in [1.165, 1.54) is 5.57 Å². The van der Waals surface area contributed by atoms with Gasteiger partial charge in [-0.2, -0.15) is 0 Å². The lowest BCUT2D eigenvalue weighted by atomic mass is 9.59. The molecule has 27 heavy (non-hydrogen) atoms. The molecule has 4 nitrogen and oxygen atoms in total. The maximum atomic E-state index is 12.4. The molecule has 1 aromatic carbocycles. The molecule has 1 atom stereocenters. The van der Waals surface area contributed by atoms with Crippen molar-refractivity contribution in [2.24, 2.45) is 5.41 Å². The lowest BCUT2D eigenvalue weighted by molar-refractivity contribution is -0.103. The number of rotatable bonds is 5. The number of benzene rings is 1. The Labute approximate surface area is 162 Å². The minimum absolute atomic E-state index is 0.0521. The second kappa shape index (κ2) is 6.57. The second-order valence-electron chi connectivity index (χ2n) is 8.89. The van der Waals surface area contributed by atoms with Crippen molar-refractivity contribution in [1.82, 2.24) is 0 Å². The molecule has 0 radical (unpaired) electrons. The predicted molar refractivity (Wildman–Crippen MR) is 108 cm³/mol. The van der Waals surface area contributed by atoms with E-state index in [0.717, 1.165) is 65.1 Å². The number of fused-ring (bicyclic) bond motifs is 3. The molecule has 2 aliphatic carbocycles. The number of hydrogen-bond donors (Lipinski definition) is 0. The summed E-state index contributed by atoms with van der Waals surface area (Å²) in [6.45, 7) is 10.9. The summed E-state index contributed by atoms with van der Waals surface area (Å²) in [5.74, 6) is 2.37. The Morgan fingerprint density at radius 1 is 0.926 bits per heavy atom. The first-order valence-corrected chi connectivity index (χ1v) is 9.76. The number of carbonyl (C=O) groups excluding carboxylic acids is 1. The Kier molecular flexibility index (Phi) is 4.82. The van der Waals surface area contributed by atoms with Crippen molar-refractivity contribution in [2.75, 3.05) is 21.3 Å². The number of methoxy groups -OCH3 is 3. The van der Waals surface area contributed by atoms with E-state index in [0.29, 0.717) is 0 Å². The smallest absolute Gasteiger partial charge is 0.168 e. The maximum Gasteiger partial charge on any atom is 0.168 e. The molecule has 1 saturated carbocycles. The van der Waals surface area contributed by atoms with Gasteiger partial charge in [-0.25, -0.2) is 0 Å². The van der Waals surface area contributed by atoms with E-state index < -0.39 is 0 Å². The summed E-state index contributed by atoms with van der Waals surface area (Å²) in [6, 6.07) is 0. The molecule has 0 aromatic heterocycles. The van der Waals surface area contributed by atoms with Crippen LogP contribution < -0.4 is 14.2 Å². The van der Waals surface area contributed by atoms with E-state index in [2.05, 4.69) is 34.6 Å². The summed E-state index contributed by atoms with van der Waals surface area (Å²) in [6.07, 6.45) is 4.19. The Hall–Kier alpha value is -1.97. The lowest BCUT2D eigenvalue weighted by Crippen LogP contribution is -2.36. The maximum absolute atomic E-state index is 12.4. The molecule has 0 spiro atoms. The van der Waals surface area contributed by atoms with Crippen molar-refractivity contribution < 1.29 is 19.0 Å². The van der Waals surface area contributed by atoms with Gasteiger partial charge < -0.3 is 14.2 Å². The van der Waals surface area contributed by atoms with Crippen LogP contribution in [-0.4, -0.2) is 27.6 Å². The summed E-state index contributed by atoms with van der Waals surface area (Å²) in [5, 5.41) is 0. The summed E-state index contributed by atoms with van der Waals surface area (Å²) in [5.41, 5.74) is 4.59. The molecular formula is C23H32O4. The topological polar surface area (TPSA) is 44.8 Å². The van der Waals surface area contributed by atoms with E-state index >= 15 is 0 Å². The zero-order chi connectivity index (χ0) is 20.1. The van der Waals surface area contributed by atoms with Crippen LogP contribution in [0.2, 0.25) is 0 Å². The number of ether oxygens (including phenoxy) is 3. The van der Waals surface area contributed by atoms with Gasteiger partial charge >= 0.3 is 0 Å². The highest BCUT2D eigenvalue weighted by molar-refractivity contribution is 6.14. The standard InChI is InChI=1S/C23H32O4/c1-13(2)15-18(25-6)16-14(12-24)21-22(3,4)10-9-11-23(21,5)17(16)20(27-8)19(15)26-7/h12-13H,9-11H2,1-8H3. The van der Waals surface area contributed by atoms with Crippen LogP contribution in [0.3, 0.4) is 0 Å². The Bertz CT molecular complexity index is 816. The van der Waals surface area contributed by atoms with Gasteiger partial charge in [-0.05, 0) is 29.7 Å². The second-order valence-corrected chi connectivity index (χ2v) is 8.89. The quantitative estimate of drug-likeness (QED) is 0.661. The Morgan fingerprint density at radius 2 is 1.52 bits per heavy atom. The van der Waals surface area contributed by atoms with Crippen molar-refractivity contribution >= 4 is 11.9 Å². The van der Waals surface area contributed by atoms with E-state index in [-0.39, 0.29) is 16.7 Å². The zero-order valence-electron chi connectivity index (χ0n) is 17.9. The first-order valence-electron chi connectivity index (χ1n) is 9.76. The van der Waals surface area contributed by atoms with Crippen molar-refractivity contribution in [2.45, 2.75) is 65.2 Å². The largest absolute Gasteiger partial charge is 0.496 e. The normalized spacial score (nSPS) is 23.1. The number of hydrogen-bond acceptors (Lipinski definition) is 4. The van der Waals surface area contributed by atoms with Gasteiger partial charge in [0.25, 0.3) is 0 Å². The monoisotopic (exact) mass is 372 g/mol. The van der Waals surface area contributed by atoms with Crippen molar-refractivity contribution in [3.63, 3.8) is 0 Å². The van der Waals surface area contributed by atoms with Gasteiger partial charge in [0, 0.05) is 27.7 Å². The molecule has 1 aromatic rings. The summed E-state index contributed by atoms with van der Waals surface area (Å²) < 4.78 is 17.7. The fraction of sp³-hybridized carbons (Fsp3) is 0.609. The van der Waals surface area contributed by atoms with Gasteiger partial charge in [-0.15, -0.1) is 0 Å². The molecule has 0 aliphatic heterocycles. The average molecular weight is 373 g/mol. The first kappa shape index (κ1) is 19.8. The molecule has 0 bridgehead atoms. The Balaban J connectivity index is 2.55. The van der Waals surface area contributed by atoms with Crippen LogP contribution in [0.25, 0.3) is 5.57 Å². The average Bonchev–Trinajstić information content (AvgIpc) is 2.89. The molecule has 4 heteroatoms. The third-order valence-corrected chi connectivity index (χ3v) is 6.50. The van der Waals surface area contributed by atoms with E-state index in [1.807, 2.05) is 0 Å². The highest BCUT2D eigenvalue weighted by Crippen LogP contribution is 2.65. The number of allylic oxidation sites excluding steroid dienone is 2. The number of aldehydes is 1. The first-order chi connectivity index (χ1) is 12.7. The Morgan fingerprint density at radius 3 is 2.00 bits per heavy atom. The minimum Gasteiger partial charge on any atom is -0.496 e. The van der Waals surface area contributed by atoms with Gasteiger partial charge in [-0.1, -0.05) is 41.0 Å². The third-order valence-electron chi connectivity index (χ3n) is 6.50. The molecule has 1 fully saturated rings. The lowest BCUT2D eigenvalue weighted by Gasteiger charge is -2.44. The van der Waals surface area contributed by atoms with Crippen LogP contribution in [0.1, 0.15) is 76.5 Å². The van der Waals surface area contributed by atoms with Crippen molar-refractivity contribution in [3.05, 3.63) is 22.3 Å². The van der Waals surface area contributed by atoms with Gasteiger partial charge in [0.15, 0.2) is 17.8 Å².